The zero-order valence-corrected chi connectivity index (χ0v) is 14.7. The predicted molar refractivity (Wildman–Crippen MR) is 96.4 cm³/mol. The van der Waals surface area contributed by atoms with E-state index in [9.17, 15) is 0 Å². The molecule has 1 aromatic carbocycles. The number of hydrogen-bond acceptors (Lipinski definition) is 2. The first-order valence-electron chi connectivity index (χ1n) is 9.85. The van der Waals surface area contributed by atoms with E-state index in [1.54, 1.807) is 6.42 Å². The molecule has 3 aliphatic rings. The van der Waals surface area contributed by atoms with Crippen molar-refractivity contribution in [1.29, 1.82) is 0 Å². The molecule has 2 heteroatoms. The minimum atomic E-state index is 0.787. The van der Waals surface area contributed by atoms with E-state index < -0.39 is 0 Å². The van der Waals surface area contributed by atoms with Crippen molar-refractivity contribution < 1.29 is 0 Å². The largest absolute Gasteiger partial charge is 0.300 e. The van der Waals surface area contributed by atoms with Crippen LogP contribution in [-0.2, 0) is 6.54 Å². The van der Waals surface area contributed by atoms with Gasteiger partial charge in [-0.3, -0.25) is 9.80 Å². The predicted octanol–water partition coefficient (Wildman–Crippen LogP) is 4.16. The topological polar surface area (TPSA) is 6.48 Å². The number of benzene rings is 1. The highest BCUT2D eigenvalue weighted by Crippen LogP contribution is 2.47. The maximum absolute atomic E-state index is 2.86. The quantitative estimate of drug-likeness (QED) is 0.805. The molecule has 2 saturated carbocycles. The van der Waals surface area contributed by atoms with E-state index in [0.717, 1.165) is 30.5 Å². The lowest BCUT2D eigenvalue weighted by atomic mass is 9.91. The molecule has 0 radical (unpaired) electrons. The van der Waals surface area contributed by atoms with Crippen LogP contribution in [-0.4, -0.2) is 41.5 Å². The van der Waals surface area contributed by atoms with Gasteiger partial charge < -0.3 is 0 Å². The van der Waals surface area contributed by atoms with E-state index in [2.05, 4.69) is 47.1 Å². The van der Waals surface area contributed by atoms with Crippen LogP contribution in [0.25, 0.3) is 0 Å². The first-order chi connectivity index (χ1) is 11.3. The second-order valence-corrected chi connectivity index (χ2v) is 8.06. The summed E-state index contributed by atoms with van der Waals surface area (Å²) in [5, 5.41) is 0. The van der Waals surface area contributed by atoms with E-state index in [1.165, 1.54) is 57.3 Å². The normalized spacial score (nSPS) is 32.0. The Labute approximate surface area is 141 Å². The van der Waals surface area contributed by atoms with Gasteiger partial charge in [0, 0.05) is 18.6 Å². The molecule has 2 aliphatic carbocycles. The molecule has 4 rings (SSSR count). The zero-order valence-electron chi connectivity index (χ0n) is 14.7. The summed E-state index contributed by atoms with van der Waals surface area (Å²) in [6.07, 6.45) is 8.84. The summed E-state index contributed by atoms with van der Waals surface area (Å²) in [4.78, 5) is 5.56. The molecule has 1 aromatic rings. The third-order valence-corrected chi connectivity index (χ3v) is 6.82. The summed E-state index contributed by atoms with van der Waals surface area (Å²) in [6, 6.07) is 12.7. The SMILES string of the molecule is CCN(Cc1ccccc1)C1CCN([C@H]2C[C@@H]3CC[C@@H]2C3)CC1. The molecule has 23 heavy (non-hydrogen) atoms. The minimum Gasteiger partial charge on any atom is -0.300 e. The third kappa shape index (κ3) is 3.34. The molecule has 0 unspecified atom stereocenters. The molecule has 3 atom stereocenters. The van der Waals surface area contributed by atoms with E-state index in [4.69, 9.17) is 0 Å². The van der Waals surface area contributed by atoms with Gasteiger partial charge in [0.05, 0.1) is 0 Å². The lowest BCUT2D eigenvalue weighted by Crippen LogP contribution is -2.49. The van der Waals surface area contributed by atoms with Crippen molar-refractivity contribution in [3.05, 3.63) is 35.9 Å². The van der Waals surface area contributed by atoms with Gasteiger partial charge in [-0.25, -0.2) is 0 Å². The van der Waals surface area contributed by atoms with Crippen LogP contribution in [0, 0.1) is 11.8 Å². The molecule has 0 amide bonds. The number of fused-ring (bicyclic) bond motifs is 2. The Morgan fingerprint density at radius 1 is 1.00 bits per heavy atom. The van der Waals surface area contributed by atoms with Crippen molar-refractivity contribution in [2.45, 2.75) is 64.1 Å². The molecule has 3 fully saturated rings. The van der Waals surface area contributed by atoms with Crippen LogP contribution in [0.3, 0.4) is 0 Å². The van der Waals surface area contributed by atoms with Gasteiger partial charge in [-0.2, -0.15) is 0 Å². The number of rotatable bonds is 5. The van der Waals surface area contributed by atoms with Crippen molar-refractivity contribution >= 4 is 0 Å². The zero-order chi connectivity index (χ0) is 15.6. The number of nitrogens with zero attached hydrogens (tertiary/aromatic N) is 2. The fourth-order valence-corrected chi connectivity index (χ4v) is 5.56. The molecule has 0 N–H and O–H groups in total. The highest BCUT2D eigenvalue weighted by atomic mass is 15.2. The van der Waals surface area contributed by atoms with Crippen LogP contribution >= 0.6 is 0 Å². The average Bonchev–Trinajstić information content (AvgIpc) is 3.24. The summed E-state index contributed by atoms with van der Waals surface area (Å²) in [6.45, 7) is 7.29. The van der Waals surface area contributed by atoms with Crippen molar-refractivity contribution in [2.75, 3.05) is 19.6 Å². The Bertz CT molecular complexity index is 492. The van der Waals surface area contributed by atoms with Crippen LogP contribution < -0.4 is 0 Å². The van der Waals surface area contributed by atoms with Gasteiger partial charge in [-0.15, -0.1) is 0 Å². The maximum atomic E-state index is 2.86. The van der Waals surface area contributed by atoms with Crippen LogP contribution in [0.2, 0.25) is 0 Å². The Balaban J connectivity index is 1.31. The fraction of sp³-hybridized carbons (Fsp3) is 0.714. The molecule has 2 nitrogen and oxygen atoms in total. The van der Waals surface area contributed by atoms with Crippen LogP contribution in [0.5, 0.6) is 0 Å². The summed E-state index contributed by atoms with van der Waals surface area (Å²) in [5.74, 6) is 2.12. The number of likely N-dealkylation sites (tertiary alicyclic amines) is 1. The van der Waals surface area contributed by atoms with Gasteiger partial charge in [0.2, 0.25) is 0 Å². The molecular weight excluding hydrogens is 280 g/mol. The molecule has 126 valence electrons. The number of piperidine rings is 1. The second kappa shape index (κ2) is 6.94. The first-order valence-corrected chi connectivity index (χ1v) is 9.85. The van der Waals surface area contributed by atoms with Crippen molar-refractivity contribution in [1.82, 2.24) is 9.80 Å². The average molecular weight is 313 g/mol. The summed E-state index contributed by atoms with van der Waals surface area (Å²) >= 11 is 0. The second-order valence-electron chi connectivity index (χ2n) is 8.06. The first kappa shape index (κ1) is 15.7. The highest BCUT2D eigenvalue weighted by Gasteiger charge is 2.43. The lowest BCUT2D eigenvalue weighted by molar-refractivity contribution is 0.0631. The molecular formula is C21H32N2. The fourth-order valence-electron chi connectivity index (χ4n) is 5.56. The van der Waals surface area contributed by atoms with Crippen molar-refractivity contribution in [2.24, 2.45) is 11.8 Å². The highest BCUT2D eigenvalue weighted by molar-refractivity contribution is 5.14. The van der Waals surface area contributed by atoms with Crippen LogP contribution in [0.4, 0.5) is 0 Å². The van der Waals surface area contributed by atoms with Gasteiger partial charge in [-0.05, 0) is 69.1 Å². The lowest BCUT2D eigenvalue weighted by Gasteiger charge is -2.42. The summed E-state index contributed by atoms with van der Waals surface area (Å²) in [5.41, 5.74) is 1.46. The Morgan fingerprint density at radius 3 is 2.39 bits per heavy atom. The minimum absolute atomic E-state index is 0.787. The smallest absolute Gasteiger partial charge is 0.0236 e. The van der Waals surface area contributed by atoms with Gasteiger partial charge in [0.15, 0.2) is 0 Å². The van der Waals surface area contributed by atoms with Crippen LogP contribution in [0.1, 0.15) is 51.0 Å². The summed E-state index contributed by atoms with van der Waals surface area (Å²) in [7, 11) is 0. The van der Waals surface area contributed by atoms with E-state index in [0.29, 0.717) is 0 Å². The Morgan fingerprint density at radius 2 is 1.78 bits per heavy atom. The number of hydrogen-bond donors (Lipinski definition) is 0. The molecule has 0 aromatic heterocycles. The van der Waals surface area contributed by atoms with Gasteiger partial charge in [0.1, 0.15) is 0 Å². The molecule has 1 aliphatic heterocycles. The van der Waals surface area contributed by atoms with Gasteiger partial charge in [-0.1, -0.05) is 43.7 Å². The monoisotopic (exact) mass is 312 g/mol. The van der Waals surface area contributed by atoms with Crippen molar-refractivity contribution in [3.63, 3.8) is 0 Å². The molecule has 0 spiro atoms. The van der Waals surface area contributed by atoms with E-state index >= 15 is 0 Å². The van der Waals surface area contributed by atoms with E-state index in [1.807, 2.05) is 0 Å². The maximum Gasteiger partial charge on any atom is 0.0236 e. The molecule has 2 bridgehead atoms. The molecule has 1 saturated heterocycles. The van der Waals surface area contributed by atoms with Gasteiger partial charge >= 0.3 is 0 Å². The Hall–Kier alpha value is -0.860. The molecule has 1 heterocycles. The summed E-state index contributed by atoms with van der Waals surface area (Å²) < 4.78 is 0. The van der Waals surface area contributed by atoms with E-state index in [-0.39, 0.29) is 0 Å². The standard InChI is InChI=1S/C21H32N2/c1-2-22(16-17-6-4-3-5-7-17)20-10-12-23(13-11-20)21-15-18-8-9-19(21)14-18/h3-7,18-21H,2,8-16H2,1H3/t18-,19-,21+/m1/s1. The van der Waals surface area contributed by atoms with Gasteiger partial charge in [0.25, 0.3) is 0 Å². The van der Waals surface area contributed by atoms with Crippen LogP contribution in [0.15, 0.2) is 30.3 Å². The van der Waals surface area contributed by atoms with Crippen molar-refractivity contribution in [3.8, 4) is 0 Å². The third-order valence-electron chi connectivity index (χ3n) is 6.82. The Kier molecular flexibility index (Phi) is 4.73.